The van der Waals surface area contributed by atoms with E-state index in [-0.39, 0.29) is 23.9 Å². The molecule has 0 aromatic heterocycles. The third kappa shape index (κ3) is 8.59. The molecule has 0 heterocycles. The molecular formula is C29H43N3O4S. The molecule has 0 aliphatic heterocycles. The Morgan fingerprint density at radius 1 is 1.00 bits per heavy atom. The molecule has 2 rings (SSSR count). The molecule has 7 nitrogen and oxygen atoms in total. The van der Waals surface area contributed by atoms with Gasteiger partial charge >= 0.3 is 0 Å². The van der Waals surface area contributed by atoms with Crippen molar-refractivity contribution in [3.8, 4) is 0 Å². The molecule has 0 bridgehead atoms. The summed E-state index contributed by atoms with van der Waals surface area (Å²) < 4.78 is 26.7. The summed E-state index contributed by atoms with van der Waals surface area (Å²) >= 11 is 0. The van der Waals surface area contributed by atoms with E-state index in [0.29, 0.717) is 12.1 Å². The normalized spacial score (nSPS) is 13.5. The topological polar surface area (TPSA) is 86.8 Å². The molecule has 0 aliphatic carbocycles. The second kappa shape index (κ2) is 12.6. The van der Waals surface area contributed by atoms with Crippen molar-refractivity contribution in [2.75, 3.05) is 17.1 Å². The third-order valence-electron chi connectivity index (χ3n) is 6.52. The number of sulfonamides is 1. The fraction of sp³-hybridized carbons (Fsp3) is 0.517. The van der Waals surface area contributed by atoms with Gasteiger partial charge in [0.2, 0.25) is 21.8 Å². The standard InChI is InChI=1S/C29H43N3O4S/c1-9-22(4)30-28(34)26(10-2)31(19-23-13-11-12-21(3)18-23)27(33)20-32(37(8,35)36)25-16-14-24(15-17-25)29(5,6)7/h11-18,22,26H,9-10,19-20H2,1-8H3,(H,30,34)/t22-,26+/m1/s1. The molecule has 2 atom stereocenters. The molecule has 0 spiro atoms. The zero-order chi connectivity index (χ0) is 28.0. The monoisotopic (exact) mass is 529 g/mol. The van der Waals surface area contributed by atoms with E-state index in [1.807, 2.05) is 64.1 Å². The first kappa shape index (κ1) is 30.4. The summed E-state index contributed by atoms with van der Waals surface area (Å²) in [5, 5.41) is 2.98. The second-order valence-corrected chi connectivity index (χ2v) is 12.7. The van der Waals surface area contributed by atoms with E-state index >= 15 is 0 Å². The maximum absolute atomic E-state index is 13.8. The van der Waals surface area contributed by atoms with Crippen LogP contribution in [0.15, 0.2) is 48.5 Å². The number of aryl methyl sites for hydroxylation is 1. The van der Waals surface area contributed by atoms with Crippen molar-refractivity contribution in [1.82, 2.24) is 10.2 Å². The van der Waals surface area contributed by atoms with E-state index in [1.165, 1.54) is 4.90 Å². The Hall–Kier alpha value is -2.87. The summed E-state index contributed by atoms with van der Waals surface area (Å²) in [6.07, 6.45) is 2.26. The molecule has 8 heteroatoms. The van der Waals surface area contributed by atoms with Crippen molar-refractivity contribution in [2.24, 2.45) is 0 Å². The highest BCUT2D eigenvalue weighted by Gasteiger charge is 2.32. The van der Waals surface area contributed by atoms with Crippen LogP contribution in [-0.4, -0.2) is 50.0 Å². The Labute approximate surface area is 223 Å². The molecule has 0 radical (unpaired) electrons. The quantitative estimate of drug-likeness (QED) is 0.454. The van der Waals surface area contributed by atoms with Crippen molar-refractivity contribution in [3.63, 3.8) is 0 Å². The van der Waals surface area contributed by atoms with Crippen molar-refractivity contribution in [3.05, 3.63) is 65.2 Å². The molecule has 0 saturated carbocycles. The van der Waals surface area contributed by atoms with E-state index in [9.17, 15) is 18.0 Å². The van der Waals surface area contributed by atoms with Gasteiger partial charge in [0.1, 0.15) is 12.6 Å². The van der Waals surface area contributed by atoms with Gasteiger partial charge in [0, 0.05) is 12.6 Å². The van der Waals surface area contributed by atoms with Crippen LogP contribution >= 0.6 is 0 Å². The molecule has 0 saturated heterocycles. The van der Waals surface area contributed by atoms with Crippen LogP contribution < -0.4 is 9.62 Å². The molecule has 37 heavy (non-hydrogen) atoms. The molecule has 0 unspecified atom stereocenters. The number of benzene rings is 2. The van der Waals surface area contributed by atoms with Crippen LogP contribution in [-0.2, 0) is 31.6 Å². The van der Waals surface area contributed by atoms with Gasteiger partial charge in [-0.25, -0.2) is 8.42 Å². The Morgan fingerprint density at radius 3 is 2.11 bits per heavy atom. The first-order valence-corrected chi connectivity index (χ1v) is 14.8. The molecule has 2 amide bonds. The third-order valence-corrected chi connectivity index (χ3v) is 7.66. The molecule has 204 valence electrons. The number of hydrogen-bond acceptors (Lipinski definition) is 4. The van der Waals surface area contributed by atoms with E-state index in [0.717, 1.165) is 33.7 Å². The second-order valence-electron chi connectivity index (χ2n) is 10.8. The van der Waals surface area contributed by atoms with E-state index in [4.69, 9.17) is 0 Å². The average molecular weight is 530 g/mol. The zero-order valence-electron chi connectivity index (χ0n) is 23.5. The summed E-state index contributed by atoms with van der Waals surface area (Å²) in [6, 6.07) is 14.2. The lowest BCUT2D eigenvalue weighted by molar-refractivity contribution is -0.140. The van der Waals surface area contributed by atoms with E-state index in [1.54, 1.807) is 12.1 Å². The van der Waals surface area contributed by atoms with Crippen molar-refractivity contribution in [2.45, 2.75) is 85.4 Å². The summed E-state index contributed by atoms with van der Waals surface area (Å²) in [5.74, 6) is -0.670. The van der Waals surface area contributed by atoms with Gasteiger partial charge in [0.05, 0.1) is 11.9 Å². The van der Waals surface area contributed by atoms with Gasteiger partial charge in [-0.1, -0.05) is 76.6 Å². The highest BCUT2D eigenvalue weighted by molar-refractivity contribution is 7.92. The van der Waals surface area contributed by atoms with Crippen LogP contribution in [0.2, 0.25) is 0 Å². The summed E-state index contributed by atoms with van der Waals surface area (Å²) in [7, 11) is -3.76. The number of nitrogens with zero attached hydrogens (tertiary/aromatic N) is 2. The Balaban J connectivity index is 2.45. The Morgan fingerprint density at radius 2 is 1.62 bits per heavy atom. The van der Waals surface area contributed by atoms with Crippen LogP contribution in [0.1, 0.15) is 71.1 Å². The van der Waals surface area contributed by atoms with Crippen LogP contribution in [0.5, 0.6) is 0 Å². The van der Waals surface area contributed by atoms with Gasteiger partial charge in [0.25, 0.3) is 0 Å². The summed E-state index contributed by atoms with van der Waals surface area (Å²) in [4.78, 5) is 28.5. The number of amides is 2. The summed E-state index contributed by atoms with van der Waals surface area (Å²) in [6.45, 7) is 13.8. The fourth-order valence-electron chi connectivity index (χ4n) is 4.11. The Bertz CT molecular complexity index is 1170. The molecule has 1 N–H and O–H groups in total. The first-order chi connectivity index (χ1) is 17.2. The maximum Gasteiger partial charge on any atom is 0.244 e. The summed E-state index contributed by atoms with van der Waals surface area (Å²) in [5.41, 5.74) is 3.30. The Kier molecular flexibility index (Phi) is 10.3. The first-order valence-electron chi connectivity index (χ1n) is 12.9. The van der Waals surface area contributed by atoms with Crippen LogP contribution in [0.3, 0.4) is 0 Å². The van der Waals surface area contributed by atoms with Gasteiger partial charge in [-0.15, -0.1) is 0 Å². The van der Waals surface area contributed by atoms with E-state index in [2.05, 4.69) is 26.1 Å². The predicted octanol–water partition coefficient (Wildman–Crippen LogP) is 4.78. The molecule has 0 fully saturated rings. The minimum atomic E-state index is -3.76. The molecule has 0 aliphatic rings. The smallest absolute Gasteiger partial charge is 0.244 e. The van der Waals surface area contributed by atoms with Crippen LogP contribution in [0.25, 0.3) is 0 Å². The highest BCUT2D eigenvalue weighted by atomic mass is 32.2. The number of carbonyl (C=O) groups excluding carboxylic acids is 2. The molecule has 2 aromatic carbocycles. The lowest BCUT2D eigenvalue weighted by Gasteiger charge is -2.33. The predicted molar refractivity (Wildman–Crippen MR) is 151 cm³/mol. The van der Waals surface area contributed by atoms with Crippen LogP contribution in [0, 0.1) is 6.92 Å². The van der Waals surface area contributed by atoms with Gasteiger partial charge in [0.15, 0.2) is 0 Å². The minimum Gasteiger partial charge on any atom is -0.352 e. The number of anilines is 1. The van der Waals surface area contributed by atoms with Gasteiger partial charge in [-0.3, -0.25) is 13.9 Å². The number of nitrogens with one attached hydrogen (secondary N) is 1. The lowest BCUT2D eigenvalue weighted by atomic mass is 9.87. The van der Waals surface area contributed by atoms with Gasteiger partial charge in [-0.2, -0.15) is 0 Å². The van der Waals surface area contributed by atoms with Gasteiger partial charge < -0.3 is 10.2 Å². The zero-order valence-corrected chi connectivity index (χ0v) is 24.4. The molecule has 2 aromatic rings. The van der Waals surface area contributed by atoms with Crippen molar-refractivity contribution in [1.29, 1.82) is 0 Å². The van der Waals surface area contributed by atoms with E-state index < -0.39 is 28.5 Å². The van der Waals surface area contributed by atoms with Crippen LogP contribution in [0.4, 0.5) is 5.69 Å². The van der Waals surface area contributed by atoms with Gasteiger partial charge in [-0.05, 0) is 55.4 Å². The maximum atomic E-state index is 13.8. The average Bonchev–Trinajstić information content (AvgIpc) is 2.81. The number of carbonyl (C=O) groups is 2. The fourth-order valence-corrected chi connectivity index (χ4v) is 4.96. The largest absolute Gasteiger partial charge is 0.352 e. The minimum absolute atomic E-state index is 0.0358. The number of hydrogen-bond donors (Lipinski definition) is 1. The number of rotatable bonds is 11. The van der Waals surface area contributed by atoms with Crippen molar-refractivity contribution < 1.29 is 18.0 Å². The van der Waals surface area contributed by atoms with Crippen molar-refractivity contribution >= 4 is 27.5 Å². The molecular weight excluding hydrogens is 486 g/mol. The SMILES string of the molecule is CC[C@@H](C)NC(=O)[C@H](CC)N(Cc1cccc(C)c1)C(=O)CN(c1ccc(C(C)(C)C)cc1)S(C)(=O)=O. The lowest BCUT2D eigenvalue weighted by Crippen LogP contribution is -2.53. The highest BCUT2D eigenvalue weighted by Crippen LogP contribution is 2.26.